The Balaban J connectivity index is 1.42. The van der Waals surface area contributed by atoms with Crippen LogP contribution in [0.4, 0.5) is 0 Å². The molecule has 2 aliphatic rings. The van der Waals surface area contributed by atoms with Crippen LogP contribution in [0.25, 0.3) is 0 Å². The highest BCUT2D eigenvalue weighted by molar-refractivity contribution is 5.47. The summed E-state index contributed by atoms with van der Waals surface area (Å²) in [6, 6.07) is 8.15. The van der Waals surface area contributed by atoms with E-state index >= 15 is 0 Å². The van der Waals surface area contributed by atoms with E-state index in [2.05, 4.69) is 22.0 Å². The average Bonchev–Trinajstić information content (AvgIpc) is 2.71. The molecule has 2 aromatic rings. The summed E-state index contributed by atoms with van der Waals surface area (Å²) in [4.78, 5) is 6.70. The van der Waals surface area contributed by atoms with E-state index in [-0.39, 0.29) is 12.2 Å². The van der Waals surface area contributed by atoms with Crippen LogP contribution < -0.4 is 5.73 Å². The monoisotopic (exact) mass is 367 g/mol. The third kappa shape index (κ3) is 3.86. The van der Waals surface area contributed by atoms with Crippen LogP contribution in [0.5, 0.6) is 5.75 Å². The third-order valence-corrected chi connectivity index (χ3v) is 6.11. The Morgan fingerprint density at radius 2 is 2.07 bits per heavy atom. The van der Waals surface area contributed by atoms with Gasteiger partial charge in [-0.25, -0.2) is 0 Å². The van der Waals surface area contributed by atoms with Crippen molar-refractivity contribution in [3.8, 4) is 5.75 Å². The number of rotatable bonds is 4. The molecule has 1 aromatic carbocycles. The second kappa shape index (κ2) is 7.97. The lowest BCUT2D eigenvalue weighted by Gasteiger charge is -2.40. The zero-order valence-corrected chi connectivity index (χ0v) is 16.0. The number of aromatic nitrogens is 1. The smallest absolute Gasteiger partial charge is 0.122 e. The molecule has 1 fully saturated rings. The lowest BCUT2D eigenvalue weighted by atomic mass is 9.83. The first-order valence-electron chi connectivity index (χ1n) is 9.94. The van der Waals surface area contributed by atoms with Crippen molar-refractivity contribution in [3.63, 3.8) is 0 Å². The van der Waals surface area contributed by atoms with E-state index in [1.165, 1.54) is 5.56 Å². The van der Waals surface area contributed by atoms with Gasteiger partial charge in [-0.3, -0.25) is 9.88 Å². The maximum Gasteiger partial charge on any atom is 0.122 e. The van der Waals surface area contributed by atoms with E-state index in [0.717, 1.165) is 55.6 Å². The maximum atomic E-state index is 10.6. The van der Waals surface area contributed by atoms with Gasteiger partial charge in [-0.05, 0) is 61.5 Å². The van der Waals surface area contributed by atoms with E-state index < -0.39 is 0 Å². The van der Waals surface area contributed by atoms with E-state index in [4.69, 9.17) is 10.5 Å². The number of piperidine rings is 1. The first kappa shape index (κ1) is 18.4. The largest absolute Gasteiger partial charge is 0.507 e. The summed E-state index contributed by atoms with van der Waals surface area (Å²) in [5.41, 5.74) is 10.3. The van der Waals surface area contributed by atoms with Crippen LogP contribution in [0.3, 0.4) is 0 Å². The minimum absolute atomic E-state index is 0.112. The van der Waals surface area contributed by atoms with E-state index in [1.807, 2.05) is 31.5 Å². The number of benzene rings is 1. The molecule has 4 rings (SSSR count). The van der Waals surface area contributed by atoms with E-state index in [9.17, 15) is 5.11 Å². The third-order valence-electron chi connectivity index (χ3n) is 6.11. The maximum absolute atomic E-state index is 10.6. The second-order valence-electron chi connectivity index (χ2n) is 7.88. The van der Waals surface area contributed by atoms with Crippen molar-refractivity contribution in [3.05, 3.63) is 58.9 Å². The number of nitrogens with two attached hydrogens (primary N) is 1. The number of hydrogen-bond donors (Lipinski definition) is 2. The molecule has 5 heteroatoms. The van der Waals surface area contributed by atoms with Crippen molar-refractivity contribution in [2.75, 3.05) is 19.6 Å². The van der Waals surface area contributed by atoms with Gasteiger partial charge in [0.15, 0.2) is 0 Å². The van der Waals surface area contributed by atoms with Crippen LogP contribution >= 0.6 is 0 Å². The highest BCUT2D eigenvalue weighted by Crippen LogP contribution is 2.40. The number of likely N-dealkylation sites (tertiary alicyclic amines) is 1. The van der Waals surface area contributed by atoms with Gasteiger partial charge in [0.25, 0.3) is 0 Å². The van der Waals surface area contributed by atoms with Gasteiger partial charge >= 0.3 is 0 Å². The lowest BCUT2D eigenvalue weighted by molar-refractivity contribution is -0.0651. The first-order chi connectivity index (χ1) is 13.2. The molecule has 0 unspecified atom stereocenters. The van der Waals surface area contributed by atoms with Crippen LogP contribution in [0.1, 0.15) is 41.2 Å². The van der Waals surface area contributed by atoms with Gasteiger partial charge in [-0.1, -0.05) is 18.2 Å². The summed E-state index contributed by atoms with van der Waals surface area (Å²) < 4.78 is 6.39. The highest BCUT2D eigenvalue weighted by Gasteiger charge is 2.35. The fourth-order valence-corrected chi connectivity index (χ4v) is 4.51. The van der Waals surface area contributed by atoms with Crippen LogP contribution in [0.15, 0.2) is 36.7 Å². The second-order valence-corrected chi connectivity index (χ2v) is 7.88. The summed E-state index contributed by atoms with van der Waals surface area (Å²) in [5.74, 6) is 0.936. The van der Waals surface area contributed by atoms with Crippen molar-refractivity contribution < 1.29 is 9.84 Å². The van der Waals surface area contributed by atoms with E-state index in [0.29, 0.717) is 18.2 Å². The Kier molecular flexibility index (Phi) is 5.43. The summed E-state index contributed by atoms with van der Waals surface area (Å²) in [6.45, 7) is 5.50. The molecule has 0 aliphatic carbocycles. The number of phenols is 1. The molecule has 0 saturated carbocycles. The Morgan fingerprint density at radius 3 is 2.78 bits per heavy atom. The number of nitrogens with zero attached hydrogens (tertiary/aromatic N) is 2. The molecule has 1 saturated heterocycles. The quantitative estimate of drug-likeness (QED) is 0.869. The Hall–Kier alpha value is -1.95. The Labute approximate surface area is 161 Å². The predicted octanol–water partition coefficient (Wildman–Crippen LogP) is 2.95. The molecular formula is C22H29N3O2. The van der Waals surface area contributed by atoms with Gasteiger partial charge in [0.2, 0.25) is 0 Å². The van der Waals surface area contributed by atoms with Gasteiger partial charge in [0, 0.05) is 37.5 Å². The number of pyridine rings is 1. The minimum atomic E-state index is -0.112. The molecular weight excluding hydrogens is 338 g/mol. The number of hydrogen-bond acceptors (Lipinski definition) is 5. The molecule has 2 aliphatic heterocycles. The van der Waals surface area contributed by atoms with Crippen molar-refractivity contribution in [2.24, 2.45) is 11.7 Å². The number of aryl methyl sites for hydroxylation is 1. The summed E-state index contributed by atoms with van der Waals surface area (Å²) >= 11 is 0. The SMILES string of the molecule is Cc1ccc2c(c1O)C[C@@H](C1CCN(Cc3cccnc3)CC1)O[C@H]2CN. The molecule has 5 nitrogen and oxygen atoms in total. The molecule has 0 spiro atoms. The molecule has 144 valence electrons. The highest BCUT2D eigenvalue weighted by atomic mass is 16.5. The average molecular weight is 367 g/mol. The number of ether oxygens (including phenoxy) is 1. The molecule has 27 heavy (non-hydrogen) atoms. The molecule has 2 atom stereocenters. The fraction of sp³-hybridized carbons (Fsp3) is 0.500. The predicted molar refractivity (Wildman–Crippen MR) is 105 cm³/mol. The number of fused-ring (bicyclic) bond motifs is 1. The van der Waals surface area contributed by atoms with Crippen LogP contribution in [0, 0.1) is 12.8 Å². The lowest BCUT2D eigenvalue weighted by Crippen LogP contribution is -2.41. The van der Waals surface area contributed by atoms with Gasteiger partial charge < -0.3 is 15.6 Å². The topological polar surface area (TPSA) is 71.6 Å². The minimum Gasteiger partial charge on any atom is -0.507 e. The van der Waals surface area contributed by atoms with Crippen LogP contribution in [-0.2, 0) is 17.7 Å². The summed E-state index contributed by atoms with van der Waals surface area (Å²) in [7, 11) is 0. The van der Waals surface area contributed by atoms with Crippen molar-refractivity contribution in [2.45, 2.75) is 44.9 Å². The zero-order chi connectivity index (χ0) is 18.8. The zero-order valence-electron chi connectivity index (χ0n) is 16.0. The molecule has 0 radical (unpaired) electrons. The molecule has 1 aromatic heterocycles. The first-order valence-corrected chi connectivity index (χ1v) is 9.94. The van der Waals surface area contributed by atoms with Gasteiger partial charge in [-0.2, -0.15) is 0 Å². The molecule has 0 amide bonds. The molecule has 3 N–H and O–H groups in total. The summed E-state index contributed by atoms with van der Waals surface area (Å²) in [6.07, 6.45) is 6.81. The van der Waals surface area contributed by atoms with E-state index in [1.54, 1.807) is 0 Å². The van der Waals surface area contributed by atoms with Gasteiger partial charge in [-0.15, -0.1) is 0 Å². The van der Waals surface area contributed by atoms with Crippen molar-refractivity contribution >= 4 is 0 Å². The Bertz CT molecular complexity index is 773. The van der Waals surface area contributed by atoms with Crippen molar-refractivity contribution in [1.29, 1.82) is 0 Å². The van der Waals surface area contributed by atoms with Gasteiger partial charge in [0.1, 0.15) is 5.75 Å². The number of phenolic OH excluding ortho intramolecular Hbond substituents is 1. The normalized spacial score (nSPS) is 23.9. The number of aromatic hydroxyl groups is 1. The standard InChI is InChI=1S/C22H29N3O2/c1-15-4-5-18-19(22(15)26)11-20(27-21(18)12-23)17-6-9-25(10-7-17)14-16-3-2-8-24-13-16/h2-5,8,13,17,20-21,26H,6-7,9-12,14,23H2,1H3/t20-,21-/m0/s1. The molecule has 0 bridgehead atoms. The Morgan fingerprint density at radius 1 is 1.26 bits per heavy atom. The summed E-state index contributed by atoms with van der Waals surface area (Å²) in [5, 5.41) is 10.6. The van der Waals surface area contributed by atoms with Crippen LogP contribution in [0.2, 0.25) is 0 Å². The van der Waals surface area contributed by atoms with Gasteiger partial charge in [0.05, 0.1) is 12.2 Å². The fourth-order valence-electron chi connectivity index (χ4n) is 4.51. The molecule has 3 heterocycles. The van der Waals surface area contributed by atoms with Crippen LogP contribution in [-0.4, -0.2) is 40.7 Å². The van der Waals surface area contributed by atoms with Crippen molar-refractivity contribution in [1.82, 2.24) is 9.88 Å².